The lowest BCUT2D eigenvalue weighted by atomic mass is 9.96. The minimum atomic E-state index is 0.280. The molecule has 0 rings (SSSR count). The minimum absolute atomic E-state index is 0.280. The van der Waals surface area contributed by atoms with E-state index in [0.29, 0.717) is 5.92 Å². The van der Waals surface area contributed by atoms with Crippen molar-refractivity contribution in [2.75, 3.05) is 0 Å². The normalized spacial score (nSPS) is 15.7. The lowest BCUT2D eigenvalue weighted by Gasteiger charge is -2.09. The first-order chi connectivity index (χ1) is 5.45. The Morgan fingerprint density at radius 3 is 2.17 bits per heavy atom. The van der Waals surface area contributed by atoms with Crippen molar-refractivity contribution in [3.05, 3.63) is 37.0 Å². The molecule has 0 aliphatic rings. The highest BCUT2D eigenvalue weighted by Crippen LogP contribution is 2.14. The molecular formula is C12H20. The van der Waals surface area contributed by atoms with Gasteiger partial charge in [0.05, 0.1) is 0 Å². The molecule has 12 heavy (non-hydrogen) atoms. The zero-order valence-electron chi connectivity index (χ0n) is 8.67. The monoisotopic (exact) mass is 164 g/mol. The molecule has 0 aromatic rings. The summed E-state index contributed by atoms with van der Waals surface area (Å²) in [5, 5.41) is 0. The Balaban J connectivity index is 3.89. The largest absolute Gasteiger partial charge is 0.102 e. The number of hydrogen-bond acceptors (Lipinski definition) is 0. The zero-order valence-corrected chi connectivity index (χ0v) is 8.67. The van der Waals surface area contributed by atoms with Crippen LogP contribution in [0.25, 0.3) is 0 Å². The molecule has 0 fully saturated rings. The molecule has 0 radical (unpaired) electrons. The lowest BCUT2D eigenvalue weighted by molar-refractivity contribution is 0.544. The van der Waals surface area contributed by atoms with E-state index in [0.717, 1.165) is 0 Å². The van der Waals surface area contributed by atoms with Crippen LogP contribution in [0.4, 0.5) is 0 Å². The summed E-state index contributed by atoms with van der Waals surface area (Å²) in [5.74, 6) is 0.467. The summed E-state index contributed by atoms with van der Waals surface area (Å²) in [4.78, 5) is 0. The molecular weight excluding hydrogens is 144 g/mol. The summed E-state index contributed by atoms with van der Waals surface area (Å²) in [6.45, 7) is 12.4. The van der Waals surface area contributed by atoms with Crippen molar-refractivity contribution in [1.82, 2.24) is 0 Å². The van der Waals surface area contributed by atoms with Gasteiger partial charge in [0.1, 0.15) is 0 Å². The van der Waals surface area contributed by atoms with E-state index in [4.69, 9.17) is 0 Å². The fourth-order valence-electron chi connectivity index (χ4n) is 0.662. The van der Waals surface area contributed by atoms with Crippen LogP contribution in [-0.2, 0) is 0 Å². The molecule has 0 aromatic carbocycles. The maximum atomic E-state index is 3.71. The number of allylic oxidation sites excluding steroid dienone is 5. The molecule has 0 bridgehead atoms. The fourth-order valence-corrected chi connectivity index (χ4v) is 0.662. The van der Waals surface area contributed by atoms with Crippen LogP contribution in [0, 0.1) is 11.3 Å². The van der Waals surface area contributed by atoms with Crippen LogP contribution < -0.4 is 0 Å². The second-order valence-electron chi connectivity index (χ2n) is 4.20. The van der Waals surface area contributed by atoms with Crippen molar-refractivity contribution in [3.63, 3.8) is 0 Å². The standard InChI is InChI=1S/C12H20/c1-6-11(2)9-7-8-10-12(3,4)5/h6-11H,1H2,2-5H3/b9-7+,10-8+. The van der Waals surface area contributed by atoms with Gasteiger partial charge in [0.25, 0.3) is 0 Å². The van der Waals surface area contributed by atoms with Crippen molar-refractivity contribution >= 4 is 0 Å². The first kappa shape index (κ1) is 11.2. The van der Waals surface area contributed by atoms with Gasteiger partial charge >= 0.3 is 0 Å². The quantitative estimate of drug-likeness (QED) is 0.437. The lowest BCUT2D eigenvalue weighted by Crippen LogP contribution is -1.97. The van der Waals surface area contributed by atoms with Gasteiger partial charge in [-0.05, 0) is 11.3 Å². The fraction of sp³-hybridized carbons (Fsp3) is 0.500. The number of hydrogen-bond donors (Lipinski definition) is 0. The highest BCUT2D eigenvalue weighted by Gasteiger charge is 2.01. The number of rotatable bonds is 3. The van der Waals surface area contributed by atoms with Crippen LogP contribution in [0.1, 0.15) is 27.7 Å². The Bertz CT molecular complexity index is 177. The first-order valence-electron chi connectivity index (χ1n) is 4.44. The molecule has 0 amide bonds. The summed E-state index contributed by atoms with van der Waals surface area (Å²) >= 11 is 0. The van der Waals surface area contributed by atoms with Gasteiger partial charge in [-0.2, -0.15) is 0 Å². The van der Waals surface area contributed by atoms with Crippen LogP contribution in [0.15, 0.2) is 37.0 Å². The zero-order chi connectivity index (χ0) is 9.61. The molecule has 0 aliphatic heterocycles. The summed E-state index contributed by atoms with van der Waals surface area (Å²) < 4.78 is 0. The maximum Gasteiger partial charge on any atom is -0.00814 e. The third-order valence-corrected chi connectivity index (χ3v) is 1.49. The first-order valence-corrected chi connectivity index (χ1v) is 4.44. The van der Waals surface area contributed by atoms with Crippen LogP contribution in [0.3, 0.4) is 0 Å². The SMILES string of the molecule is C=CC(C)/C=C/C=C/C(C)(C)C. The van der Waals surface area contributed by atoms with Crippen LogP contribution in [0.5, 0.6) is 0 Å². The minimum Gasteiger partial charge on any atom is -0.102 e. The van der Waals surface area contributed by atoms with E-state index in [1.807, 2.05) is 6.08 Å². The van der Waals surface area contributed by atoms with Gasteiger partial charge in [0, 0.05) is 0 Å². The topological polar surface area (TPSA) is 0 Å². The van der Waals surface area contributed by atoms with Crippen molar-refractivity contribution in [2.24, 2.45) is 11.3 Å². The molecule has 0 aromatic heterocycles. The van der Waals surface area contributed by atoms with Gasteiger partial charge in [0.2, 0.25) is 0 Å². The summed E-state index contributed by atoms with van der Waals surface area (Å²) in [7, 11) is 0. The molecule has 0 heterocycles. The van der Waals surface area contributed by atoms with Crippen molar-refractivity contribution in [2.45, 2.75) is 27.7 Å². The Labute approximate surface area is 76.7 Å². The Morgan fingerprint density at radius 1 is 1.17 bits per heavy atom. The predicted molar refractivity (Wildman–Crippen MR) is 57.1 cm³/mol. The van der Waals surface area contributed by atoms with Crippen molar-refractivity contribution in [1.29, 1.82) is 0 Å². The van der Waals surface area contributed by atoms with E-state index in [2.05, 4.69) is 58.6 Å². The summed E-state index contributed by atoms with van der Waals surface area (Å²) in [6.07, 6.45) is 10.4. The average molecular weight is 164 g/mol. The van der Waals surface area contributed by atoms with E-state index >= 15 is 0 Å². The van der Waals surface area contributed by atoms with E-state index < -0.39 is 0 Å². The Kier molecular flexibility index (Phi) is 4.65. The molecule has 0 N–H and O–H groups in total. The highest BCUT2D eigenvalue weighted by molar-refractivity contribution is 5.08. The molecule has 0 spiro atoms. The highest BCUT2D eigenvalue weighted by atomic mass is 14.1. The van der Waals surface area contributed by atoms with Gasteiger partial charge in [-0.3, -0.25) is 0 Å². The van der Waals surface area contributed by atoms with Crippen LogP contribution >= 0.6 is 0 Å². The van der Waals surface area contributed by atoms with Gasteiger partial charge < -0.3 is 0 Å². The van der Waals surface area contributed by atoms with E-state index in [1.54, 1.807) is 0 Å². The molecule has 0 saturated heterocycles. The van der Waals surface area contributed by atoms with Gasteiger partial charge in [-0.25, -0.2) is 0 Å². The van der Waals surface area contributed by atoms with Crippen molar-refractivity contribution < 1.29 is 0 Å². The van der Waals surface area contributed by atoms with E-state index in [-0.39, 0.29) is 5.41 Å². The molecule has 1 unspecified atom stereocenters. The third kappa shape index (κ3) is 7.33. The van der Waals surface area contributed by atoms with Gasteiger partial charge in [0.15, 0.2) is 0 Å². The molecule has 1 atom stereocenters. The maximum absolute atomic E-state index is 3.71. The van der Waals surface area contributed by atoms with E-state index in [1.165, 1.54) is 0 Å². The smallest absolute Gasteiger partial charge is 0.00814 e. The second-order valence-corrected chi connectivity index (χ2v) is 4.20. The van der Waals surface area contributed by atoms with Crippen LogP contribution in [-0.4, -0.2) is 0 Å². The van der Waals surface area contributed by atoms with Gasteiger partial charge in [-0.1, -0.05) is 58.1 Å². The Hall–Kier alpha value is -0.780. The predicted octanol–water partition coefficient (Wildman–Crippen LogP) is 3.97. The molecule has 0 heteroatoms. The second kappa shape index (κ2) is 4.97. The molecule has 0 saturated carbocycles. The molecule has 0 aliphatic carbocycles. The summed E-state index contributed by atoms with van der Waals surface area (Å²) in [5.41, 5.74) is 0.280. The van der Waals surface area contributed by atoms with Crippen LogP contribution in [0.2, 0.25) is 0 Å². The summed E-state index contributed by atoms with van der Waals surface area (Å²) in [6, 6.07) is 0. The third-order valence-electron chi connectivity index (χ3n) is 1.49. The molecule has 0 nitrogen and oxygen atoms in total. The van der Waals surface area contributed by atoms with Crippen molar-refractivity contribution in [3.8, 4) is 0 Å². The average Bonchev–Trinajstić information content (AvgIpc) is 1.96. The Morgan fingerprint density at radius 2 is 1.75 bits per heavy atom. The van der Waals surface area contributed by atoms with Gasteiger partial charge in [-0.15, -0.1) is 6.58 Å². The molecule has 68 valence electrons. The van der Waals surface area contributed by atoms with E-state index in [9.17, 15) is 0 Å².